The zero-order valence-electron chi connectivity index (χ0n) is 24.0. The predicted molar refractivity (Wildman–Crippen MR) is 159 cm³/mol. The molecule has 0 aliphatic carbocycles. The van der Waals surface area contributed by atoms with Crippen LogP contribution in [0.1, 0.15) is 36.7 Å². The minimum atomic E-state index is -3.66. The molecule has 2 aliphatic rings. The van der Waals surface area contributed by atoms with Crippen LogP contribution in [-0.2, 0) is 25.0 Å². The fourth-order valence-corrected chi connectivity index (χ4v) is 6.16. The maximum Gasteiger partial charge on any atom is 0.265 e. The lowest BCUT2D eigenvalue weighted by atomic mass is 9.87. The van der Waals surface area contributed by atoms with Crippen molar-refractivity contribution in [2.24, 2.45) is 0 Å². The van der Waals surface area contributed by atoms with Gasteiger partial charge in [-0.05, 0) is 65.6 Å². The summed E-state index contributed by atoms with van der Waals surface area (Å²) < 4.78 is 43.9. The lowest BCUT2D eigenvalue weighted by molar-refractivity contribution is -0.121. The van der Waals surface area contributed by atoms with Gasteiger partial charge in [-0.15, -0.1) is 0 Å². The van der Waals surface area contributed by atoms with Crippen molar-refractivity contribution in [2.45, 2.75) is 31.1 Å². The van der Waals surface area contributed by atoms with Crippen molar-refractivity contribution in [2.75, 3.05) is 56.3 Å². The van der Waals surface area contributed by atoms with Gasteiger partial charge in [0, 0.05) is 24.3 Å². The number of carbonyl (C=O) groups is 2. The smallest absolute Gasteiger partial charge is 0.265 e. The lowest BCUT2D eigenvalue weighted by Gasteiger charge is -2.29. The number of amides is 2. The average molecular weight is 594 g/mol. The van der Waals surface area contributed by atoms with Gasteiger partial charge in [0.25, 0.3) is 11.8 Å². The number of hydrogen-bond donors (Lipinski definition) is 1. The van der Waals surface area contributed by atoms with Crippen LogP contribution in [0.3, 0.4) is 0 Å². The molecule has 0 saturated carbocycles. The number of rotatable bonds is 8. The minimum Gasteiger partial charge on any atom is -0.492 e. The van der Waals surface area contributed by atoms with Crippen LogP contribution in [-0.4, -0.2) is 70.6 Å². The average Bonchev–Trinajstić information content (AvgIpc) is 2.98. The SMILES string of the molecule is CC(C)(C)c1ccc(OCCN2C(=O)COc3ccc(NC(=O)c4ccc(S(=O)(=O)N5CCOCC5)cc4)cc32)cc1. The van der Waals surface area contributed by atoms with Gasteiger partial charge in [0.1, 0.15) is 18.1 Å². The second kappa shape index (κ2) is 12.1. The van der Waals surface area contributed by atoms with Crippen molar-refractivity contribution in [3.05, 3.63) is 77.9 Å². The summed E-state index contributed by atoms with van der Waals surface area (Å²) in [5, 5.41) is 2.82. The summed E-state index contributed by atoms with van der Waals surface area (Å²) in [5.74, 6) is 0.616. The Morgan fingerprint density at radius 3 is 2.33 bits per heavy atom. The maximum absolute atomic E-state index is 13.0. The van der Waals surface area contributed by atoms with Crippen molar-refractivity contribution in [3.63, 3.8) is 0 Å². The molecular weight excluding hydrogens is 558 g/mol. The summed E-state index contributed by atoms with van der Waals surface area (Å²) in [7, 11) is -3.66. The fraction of sp³-hybridized carbons (Fsp3) is 0.355. The van der Waals surface area contributed by atoms with Crippen molar-refractivity contribution in [3.8, 4) is 11.5 Å². The molecule has 0 atom stereocenters. The van der Waals surface area contributed by atoms with Crippen LogP contribution >= 0.6 is 0 Å². The number of ether oxygens (including phenoxy) is 3. The van der Waals surface area contributed by atoms with Crippen LogP contribution in [0.5, 0.6) is 11.5 Å². The molecule has 2 aliphatic heterocycles. The standard InChI is InChI=1S/C31H35N3O7S/c1-31(2,3)23-6-9-25(10-7-23)40-19-16-34-27-20-24(8-13-28(27)41-21-29(34)35)32-30(36)22-4-11-26(12-5-22)42(37,38)33-14-17-39-18-15-33/h4-13,20H,14-19,21H2,1-3H3,(H,32,36). The predicted octanol–water partition coefficient (Wildman–Crippen LogP) is 4.06. The second-order valence-electron chi connectivity index (χ2n) is 11.1. The number of fused-ring (bicyclic) bond motifs is 1. The van der Waals surface area contributed by atoms with E-state index in [2.05, 4.69) is 26.1 Å². The molecule has 0 radical (unpaired) electrons. The van der Waals surface area contributed by atoms with E-state index in [-0.39, 0.29) is 29.4 Å². The third-order valence-corrected chi connectivity index (χ3v) is 9.10. The van der Waals surface area contributed by atoms with Crippen LogP contribution < -0.4 is 19.7 Å². The van der Waals surface area contributed by atoms with Crippen molar-refractivity contribution >= 4 is 33.2 Å². The Morgan fingerprint density at radius 2 is 1.67 bits per heavy atom. The van der Waals surface area contributed by atoms with Gasteiger partial charge in [0.2, 0.25) is 10.0 Å². The maximum atomic E-state index is 13.0. The van der Waals surface area contributed by atoms with E-state index in [0.717, 1.165) is 0 Å². The van der Waals surface area contributed by atoms with Gasteiger partial charge in [-0.25, -0.2) is 8.42 Å². The Balaban J connectivity index is 1.24. The zero-order chi connectivity index (χ0) is 29.9. The van der Waals surface area contributed by atoms with Gasteiger partial charge in [-0.2, -0.15) is 4.31 Å². The lowest BCUT2D eigenvalue weighted by Crippen LogP contribution is -2.41. The molecule has 1 N–H and O–H groups in total. The highest BCUT2D eigenvalue weighted by Crippen LogP contribution is 2.35. The molecule has 0 spiro atoms. The Labute approximate surface area is 246 Å². The molecule has 42 heavy (non-hydrogen) atoms. The molecule has 2 amide bonds. The summed E-state index contributed by atoms with van der Waals surface area (Å²) in [5.41, 5.74) is 2.54. The first kappa shape index (κ1) is 29.6. The molecule has 5 rings (SSSR count). The highest BCUT2D eigenvalue weighted by atomic mass is 32.2. The van der Waals surface area contributed by atoms with Crippen LogP contribution in [0.2, 0.25) is 0 Å². The van der Waals surface area contributed by atoms with E-state index in [1.54, 1.807) is 23.1 Å². The van der Waals surface area contributed by atoms with E-state index in [1.807, 2.05) is 24.3 Å². The summed E-state index contributed by atoms with van der Waals surface area (Å²) in [4.78, 5) is 27.4. The number of hydrogen-bond acceptors (Lipinski definition) is 7. The fourth-order valence-electron chi connectivity index (χ4n) is 4.75. The molecule has 0 aromatic heterocycles. The molecule has 3 aromatic rings. The van der Waals surface area contributed by atoms with Gasteiger partial charge in [-0.3, -0.25) is 9.59 Å². The van der Waals surface area contributed by atoms with E-state index in [4.69, 9.17) is 14.2 Å². The van der Waals surface area contributed by atoms with Crippen LogP contribution in [0.15, 0.2) is 71.6 Å². The zero-order valence-corrected chi connectivity index (χ0v) is 24.8. The first-order valence-electron chi connectivity index (χ1n) is 13.8. The van der Waals surface area contributed by atoms with Crippen LogP contribution in [0.25, 0.3) is 0 Å². The molecule has 0 unspecified atom stereocenters. The number of nitrogens with zero attached hydrogens (tertiary/aromatic N) is 2. The largest absolute Gasteiger partial charge is 0.492 e. The van der Waals surface area contributed by atoms with Crippen molar-refractivity contribution < 1.29 is 32.2 Å². The van der Waals surface area contributed by atoms with Gasteiger partial charge >= 0.3 is 0 Å². The molecule has 3 aromatic carbocycles. The van der Waals surface area contributed by atoms with Gasteiger partial charge in [-0.1, -0.05) is 32.9 Å². The molecule has 0 bridgehead atoms. The van der Waals surface area contributed by atoms with Crippen LogP contribution in [0.4, 0.5) is 11.4 Å². The number of morpholine rings is 1. The van der Waals surface area contributed by atoms with Crippen molar-refractivity contribution in [1.29, 1.82) is 0 Å². The Bertz CT molecular complexity index is 1540. The van der Waals surface area contributed by atoms with E-state index in [9.17, 15) is 18.0 Å². The van der Waals surface area contributed by atoms with E-state index < -0.39 is 15.9 Å². The van der Waals surface area contributed by atoms with Gasteiger partial charge < -0.3 is 24.4 Å². The van der Waals surface area contributed by atoms with Crippen molar-refractivity contribution in [1.82, 2.24) is 4.31 Å². The Kier molecular flexibility index (Phi) is 8.53. The topological polar surface area (TPSA) is 114 Å². The van der Waals surface area contributed by atoms with E-state index >= 15 is 0 Å². The number of sulfonamides is 1. The third kappa shape index (κ3) is 6.59. The number of nitrogens with one attached hydrogen (secondary N) is 1. The quantitative estimate of drug-likeness (QED) is 0.419. The minimum absolute atomic E-state index is 0.0444. The normalized spacial score (nSPS) is 16.0. The first-order chi connectivity index (χ1) is 20.0. The molecule has 1 fully saturated rings. The molecule has 1 saturated heterocycles. The third-order valence-electron chi connectivity index (χ3n) is 7.19. The Hall–Kier alpha value is -3.93. The van der Waals surface area contributed by atoms with E-state index in [1.165, 1.54) is 34.1 Å². The molecule has 222 valence electrons. The first-order valence-corrected chi connectivity index (χ1v) is 15.3. The molecule has 11 heteroatoms. The highest BCUT2D eigenvalue weighted by Gasteiger charge is 2.28. The summed E-state index contributed by atoms with van der Waals surface area (Å²) >= 11 is 0. The van der Waals surface area contributed by atoms with Crippen LogP contribution in [0, 0.1) is 0 Å². The number of anilines is 2. The van der Waals surface area contributed by atoms with Gasteiger partial charge in [0.15, 0.2) is 6.61 Å². The van der Waals surface area contributed by atoms with E-state index in [0.29, 0.717) is 61.3 Å². The molecule has 10 nitrogen and oxygen atoms in total. The summed E-state index contributed by atoms with van der Waals surface area (Å²) in [6.45, 7) is 8.23. The molecular formula is C31H35N3O7S. The molecule has 2 heterocycles. The van der Waals surface area contributed by atoms with Gasteiger partial charge in [0.05, 0.1) is 30.3 Å². The second-order valence-corrected chi connectivity index (χ2v) is 13.1. The number of carbonyl (C=O) groups excluding carboxylic acids is 2. The number of benzene rings is 3. The summed E-state index contributed by atoms with van der Waals surface area (Å²) in [6.07, 6.45) is 0. The monoisotopic (exact) mass is 593 g/mol. The highest BCUT2D eigenvalue weighted by molar-refractivity contribution is 7.89. The summed E-state index contributed by atoms with van der Waals surface area (Å²) in [6, 6.07) is 18.8. The Morgan fingerprint density at radius 1 is 0.976 bits per heavy atom.